The summed E-state index contributed by atoms with van der Waals surface area (Å²) in [5.74, 6) is 0. The van der Waals surface area contributed by atoms with Gasteiger partial charge in [0.15, 0.2) is 5.65 Å². The first kappa shape index (κ1) is 10.8. The third kappa shape index (κ3) is 2.08. The van der Waals surface area contributed by atoms with E-state index in [0.29, 0.717) is 0 Å². The highest BCUT2D eigenvalue weighted by atomic mass is 35.5. The van der Waals surface area contributed by atoms with E-state index in [1.54, 1.807) is 4.52 Å². The molecule has 0 bridgehead atoms. The SMILES string of the molecule is C[C@@H]1CN(c2ccc3nc(Cl)nn3c2)CCO1. The summed E-state index contributed by atoms with van der Waals surface area (Å²) in [7, 11) is 0. The number of morpholine rings is 1. The van der Waals surface area contributed by atoms with Crippen LogP contribution in [-0.4, -0.2) is 40.4 Å². The van der Waals surface area contributed by atoms with Crippen molar-refractivity contribution in [2.45, 2.75) is 13.0 Å². The maximum absolute atomic E-state index is 5.77. The molecule has 0 aliphatic carbocycles. The molecule has 1 saturated heterocycles. The van der Waals surface area contributed by atoms with Crippen LogP contribution >= 0.6 is 11.6 Å². The van der Waals surface area contributed by atoms with E-state index in [-0.39, 0.29) is 11.4 Å². The lowest BCUT2D eigenvalue weighted by Crippen LogP contribution is -2.41. The molecule has 0 spiro atoms. The highest BCUT2D eigenvalue weighted by molar-refractivity contribution is 6.28. The first-order valence-corrected chi connectivity index (χ1v) is 5.98. The standard InChI is InChI=1S/C11H13ClN4O/c1-8-6-15(4-5-17-8)9-2-3-10-13-11(12)14-16(10)7-9/h2-3,7-8H,4-6H2,1H3/t8-/m1/s1. The molecular weight excluding hydrogens is 240 g/mol. The van der Waals surface area contributed by atoms with Crippen molar-refractivity contribution in [1.82, 2.24) is 14.6 Å². The van der Waals surface area contributed by atoms with Gasteiger partial charge in [-0.1, -0.05) is 0 Å². The van der Waals surface area contributed by atoms with Gasteiger partial charge in [0.05, 0.1) is 24.6 Å². The van der Waals surface area contributed by atoms with Crippen LogP contribution in [0.4, 0.5) is 5.69 Å². The number of ether oxygens (including phenoxy) is 1. The fourth-order valence-electron chi connectivity index (χ4n) is 2.09. The average Bonchev–Trinajstić information content (AvgIpc) is 2.68. The fraction of sp³-hybridized carbons (Fsp3) is 0.455. The Morgan fingerprint density at radius 1 is 1.47 bits per heavy atom. The van der Waals surface area contributed by atoms with Crippen LogP contribution in [0.5, 0.6) is 0 Å². The summed E-state index contributed by atoms with van der Waals surface area (Å²) in [5, 5.41) is 4.38. The maximum Gasteiger partial charge on any atom is 0.243 e. The van der Waals surface area contributed by atoms with Gasteiger partial charge in [-0.3, -0.25) is 0 Å². The van der Waals surface area contributed by atoms with Gasteiger partial charge in [-0.2, -0.15) is 4.98 Å². The molecule has 0 radical (unpaired) electrons. The van der Waals surface area contributed by atoms with Crippen LogP contribution in [0.1, 0.15) is 6.92 Å². The van der Waals surface area contributed by atoms with Crippen molar-refractivity contribution in [2.75, 3.05) is 24.6 Å². The summed E-state index contributed by atoms with van der Waals surface area (Å²) in [6.07, 6.45) is 2.21. The molecule has 6 heteroatoms. The molecule has 2 aromatic rings. The van der Waals surface area contributed by atoms with Crippen molar-refractivity contribution in [1.29, 1.82) is 0 Å². The van der Waals surface area contributed by atoms with Crippen LogP contribution in [0.2, 0.25) is 5.28 Å². The van der Waals surface area contributed by atoms with Crippen molar-refractivity contribution >= 4 is 22.9 Å². The molecule has 17 heavy (non-hydrogen) atoms. The molecule has 3 rings (SSSR count). The Morgan fingerprint density at radius 2 is 2.35 bits per heavy atom. The van der Waals surface area contributed by atoms with Crippen molar-refractivity contribution in [2.24, 2.45) is 0 Å². The van der Waals surface area contributed by atoms with Gasteiger partial charge < -0.3 is 9.64 Å². The van der Waals surface area contributed by atoms with Gasteiger partial charge in [-0.05, 0) is 30.7 Å². The third-order valence-corrected chi connectivity index (χ3v) is 3.06. The molecule has 0 saturated carbocycles. The summed E-state index contributed by atoms with van der Waals surface area (Å²) in [6, 6.07) is 3.97. The second kappa shape index (κ2) is 4.16. The number of nitrogens with zero attached hydrogens (tertiary/aromatic N) is 4. The van der Waals surface area contributed by atoms with Gasteiger partial charge in [0, 0.05) is 13.1 Å². The van der Waals surface area contributed by atoms with Gasteiger partial charge in [0.25, 0.3) is 0 Å². The van der Waals surface area contributed by atoms with Gasteiger partial charge in [-0.15, -0.1) is 5.10 Å². The van der Waals surface area contributed by atoms with Crippen LogP contribution in [0.3, 0.4) is 0 Å². The third-order valence-electron chi connectivity index (χ3n) is 2.90. The van der Waals surface area contributed by atoms with E-state index in [1.165, 1.54) is 0 Å². The monoisotopic (exact) mass is 252 g/mol. The van der Waals surface area contributed by atoms with E-state index in [2.05, 4.69) is 21.9 Å². The number of aromatic nitrogens is 3. The number of pyridine rings is 1. The number of hydrogen-bond donors (Lipinski definition) is 0. The Kier molecular flexibility index (Phi) is 2.64. The summed E-state index contributed by atoms with van der Waals surface area (Å²) >= 11 is 5.77. The Morgan fingerprint density at radius 3 is 3.18 bits per heavy atom. The Balaban J connectivity index is 1.94. The predicted octanol–water partition coefficient (Wildman–Crippen LogP) is 1.61. The molecule has 1 atom stereocenters. The summed E-state index contributed by atoms with van der Waals surface area (Å²) in [5.41, 5.74) is 1.88. The highest BCUT2D eigenvalue weighted by Gasteiger charge is 2.17. The molecule has 2 aromatic heterocycles. The van der Waals surface area contributed by atoms with Crippen LogP contribution in [-0.2, 0) is 4.74 Å². The van der Waals surface area contributed by atoms with Gasteiger partial charge in [0.1, 0.15) is 0 Å². The van der Waals surface area contributed by atoms with E-state index in [4.69, 9.17) is 16.3 Å². The average molecular weight is 253 g/mol. The zero-order chi connectivity index (χ0) is 11.8. The van der Waals surface area contributed by atoms with E-state index in [9.17, 15) is 0 Å². The van der Waals surface area contributed by atoms with E-state index < -0.39 is 0 Å². The van der Waals surface area contributed by atoms with Crippen molar-refractivity contribution in [3.05, 3.63) is 23.6 Å². The summed E-state index contributed by atoms with van der Waals surface area (Å²) in [4.78, 5) is 6.37. The molecule has 3 heterocycles. The van der Waals surface area contributed by atoms with Crippen molar-refractivity contribution in [3.8, 4) is 0 Å². The zero-order valence-electron chi connectivity index (χ0n) is 9.51. The molecule has 0 aromatic carbocycles. The molecular formula is C11H13ClN4O. The molecule has 0 N–H and O–H groups in total. The second-order valence-electron chi connectivity index (χ2n) is 4.20. The lowest BCUT2D eigenvalue weighted by molar-refractivity contribution is 0.0532. The van der Waals surface area contributed by atoms with Crippen LogP contribution in [0.25, 0.3) is 5.65 Å². The van der Waals surface area contributed by atoms with E-state index >= 15 is 0 Å². The fourth-order valence-corrected chi connectivity index (χ4v) is 2.25. The topological polar surface area (TPSA) is 42.7 Å². The van der Waals surface area contributed by atoms with Crippen LogP contribution in [0, 0.1) is 0 Å². The summed E-state index contributed by atoms with van der Waals surface area (Å²) in [6.45, 7) is 4.64. The number of rotatable bonds is 1. The quantitative estimate of drug-likeness (QED) is 0.773. The minimum atomic E-state index is 0.263. The molecule has 0 amide bonds. The van der Waals surface area contributed by atoms with Gasteiger partial charge >= 0.3 is 0 Å². The first-order valence-electron chi connectivity index (χ1n) is 5.61. The minimum Gasteiger partial charge on any atom is -0.375 e. The first-order chi connectivity index (χ1) is 8.22. The highest BCUT2D eigenvalue weighted by Crippen LogP contribution is 2.18. The van der Waals surface area contributed by atoms with Gasteiger partial charge in [0.2, 0.25) is 5.28 Å². The molecule has 1 fully saturated rings. The smallest absolute Gasteiger partial charge is 0.243 e. The van der Waals surface area contributed by atoms with Crippen LogP contribution in [0.15, 0.2) is 18.3 Å². The normalized spacial score (nSPS) is 21.1. The predicted molar refractivity (Wildman–Crippen MR) is 65.6 cm³/mol. The van der Waals surface area contributed by atoms with E-state index in [1.807, 2.05) is 18.3 Å². The zero-order valence-corrected chi connectivity index (χ0v) is 10.3. The Labute approximate surface area is 104 Å². The lowest BCUT2D eigenvalue weighted by Gasteiger charge is -2.32. The minimum absolute atomic E-state index is 0.263. The number of fused-ring (bicyclic) bond motifs is 1. The summed E-state index contributed by atoms with van der Waals surface area (Å²) < 4.78 is 7.23. The molecule has 1 aliphatic rings. The van der Waals surface area contributed by atoms with E-state index in [0.717, 1.165) is 31.0 Å². The van der Waals surface area contributed by atoms with Gasteiger partial charge in [-0.25, -0.2) is 4.52 Å². The number of hydrogen-bond acceptors (Lipinski definition) is 4. The van der Waals surface area contributed by atoms with Crippen LogP contribution < -0.4 is 4.90 Å². The number of anilines is 1. The molecule has 5 nitrogen and oxygen atoms in total. The Hall–Kier alpha value is -1.33. The Bertz CT molecular complexity index is 541. The second-order valence-corrected chi connectivity index (χ2v) is 4.54. The molecule has 1 aliphatic heterocycles. The largest absolute Gasteiger partial charge is 0.375 e. The number of halogens is 1. The lowest BCUT2D eigenvalue weighted by atomic mass is 10.2. The van der Waals surface area contributed by atoms with Crippen molar-refractivity contribution < 1.29 is 4.74 Å². The molecule has 90 valence electrons. The molecule has 0 unspecified atom stereocenters. The maximum atomic E-state index is 5.77. The van der Waals surface area contributed by atoms with Crippen molar-refractivity contribution in [3.63, 3.8) is 0 Å².